The number of anilines is 1. The van der Waals surface area contributed by atoms with Crippen molar-refractivity contribution in [3.63, 3.8) is 0 Å². The first-order valence-corrected chi connectivity index (χ1v) is 8.90. The molecule has 2 aromatic heterocycles. The van der Waals surface area contributed by atoms with Gasteiger partial charge in [0, 0.05) is 30.8 Å². The van der Waals surface area contributed by atoms with Gasteiger partial charge in [0.05, 0.1) is 0 Å². The van der Waals surface area contributed by atoms with Crippen molar-refractivity contribution in [2.24, 2.45) is 0 Å². The summed E-state index contributed by atoms with van der Waals surface area (Å²) in [5.74, 6) is -0.437. The molecule has 0 atom stereocenters. The van der Waals surface area contributed by atoms with E-state index in [-0.39, 0.29) is 11.7 Å². The molecule has 23 heavy (non-hydrogen) atoms. The van der Waals surface area contributed by atoms with E-state index in [0.29, 0.717) is 11.3 Å². The molecule has 0 fully saturated rings. The van der Waals surface area contributed by atoms with E-state index in [0.717, 1.165) is 19.5 Å². The Morgan fingerprint density at radius 1 is 0.957 bits per heavy atom. The minimum absolute atomic E-state index is 0.109. The van der Waals surface area contributed by atoms with Crippen LogP contribution < -0.4 is 5.32 Å². The summed E-state index contributed by atoms with van der Waals surface area (Å²) in [7, 11) is 0. The van der Waals surface area contributed by atoms with Gasteiger partial charge < -0.3 is 5.32 Å². The van der Waals surface area contributed by atoms with Crippen molar-refractivity contribution in [1.29, 1.82) is 0 Å². The topological polar surface area (TPSA) is 29.1 Å². The lowest BCUT2D eigenvalue weighted by Gasteiger charge is -2.25. The number of rotatable bonds is 2. The van der Waals surface area contributed by atoms with Crippen molar-refractivity contribution >= 4 is 34.3 Å². The highest BCUT2D eigenvalue weighted by Gasteiger charge is 2.51. The molecule has 5 heteroatoms. The first-order valence-electron chi connectivity index (χ1n) is 7.27. The van der Waals surface area contributed by atoms with Gasteiger partial charge in [-0.25, -0.2) is 4.39 Å². The predicted molar refractivity (Wildman–Crippen MR) is 93.0 cm³/mol. The fraction of sp³-hybridized carbons (Fsp3) is 0.167. The highest BCUT2D eigenvalue weighted by Crippen LogP contribution is 2.51. The van der Waals surface area contributed by atoms with Gasteiger partial charge in [0.2, 0.25) is 5.91 Å². The zero-order chi connectivity index (χ0) is 16.2. The first kappa shape index (κ1) is 14.6. The zero-order valence-corrected chi connectivity index (χ0v) is 14.3. The van der Waals surface area contributed by atoms with Gasteiger partial charge in [-0.05, 0) is 56.3 Å². The highest BCUT2D eigenvalue weighted by atomic mass is 32.1. The summed E-state index contributed by atoms with van der Waals surface area (Å²) >= 11 is 3.17. The zero-order valence-electron chi connectivity index (χ0n) is 12.6. The summed E-state index contributed by atoms with van der Waals surface area (Å²) in [5.41, 5.74) is 0.439. The second kappa shape index (κ2) is 5.01. The van der Waals surface area contributed by atoms with Crippen LogP contribution in [0.1, 0.15) is 25.1 Å². The lowest BCUT2D eigenvalue weighted by Crippen LogP contribution is -2.35. The lowest BCUT2D eigenvalue weighted by molar-refractivity contribution is -0.118. The monoisotopic (exact) mass is 343 g/mol. The van der Waals surface area contributed by atoms with Crippen LogP contribution >= 0.6 is 22.7 Å². The number of thiophene rings is 2. The van der Waals surface area contributed by atoms with E-state index in [1.54, 1.807) is 28.7 Å². The van der Waals surface area contributed by atoms with Crippen LogP contribution in [-0.2, 0) is 10.2 Å². The SMILES string of the molecule is Cc1ccc(C2(c3ccc(C)s3)C(=O)Nc3ccc(F)cc32)s1. The number of hydrogen-bond donors (Lipinski definition) is 1. The minimum Gasteiger partial charge on any atom is -0.324 e. The number of amides is 1. The molecule has 1 aliphatic rings. The molecule has 1 aromatic carbocycles. The summed E-state index contributed by atoms with van der Waals surface area (Å²) < 4.78 is 13.9. The Hall–Kier alpha value is -1.98. The summed E-state index contributed by atoms with van der Waals surface area (Å²) in [4.78, 5) is 17.2. The van der Waals surface area contributed by atoms with Crippen molar-refractivity contribution in [2.45, 2.75) is 19.3 Å². The van der Waals surface area contributed by atoms with E-state index in [4.69, 9.17) is 0 Å². The molecule has 0 aliphatic carbocycles. The Balaban J connectivity index is 2.09. The van der Waals surface area contributed by atoms with Gasteiger partial charge in [0.15, 0.2) is 0 Å². The largest absolute Gasteiger partial charge is 0.324 e. The molecule has 0 saturated heterocycles. The quantitative estimate of drug-likeness (QED) is 0.708. The van der Waals surface area contributed by atoms with E-state index < -0.39 is 5.41 Å². The third-order valence-corrected chi connectivity index (χ3v) is 6.43. The van der Waals surface area contributed by atoms with E-state index in [9.17, 15) is 9.18 Å². The Morgan fingerprint density at radius 2 is 1.57 bits per heavy atom. The van der Waals surface area contributed by atoms with Crippen LogP contribution in [0.4, 0.5) is 10.1 Å². The molecule has 0 spiro atoms. The number of hydrogen-bond acceptors (Lipinski definition) is 3. The Kier molecular flexibility index (Phi) is 3.18. The standard InChI is InChI=1S/C18H14FNOS2/c1-10-3-7-15(22-10)18(16-8-4-11(2)23-16)13-9-12(19)5-6-14(13)20-17(18)21/h3-9H,1-2H3,(H,20,21). The van der Waals surface area contributed by atoms with Crippen molar-refractivity contribution in [3.8, 4) is 0 Å². The molecule has 2 nitrogen and oxygen atoms in total. The van der Waals surface area contributed by atoms with Crippen LogP contribution in [0, 0.1) is 19.7 Å². The van der Waals surface area contributed by atoms with Gasteiger partial charge in [0.1, 0.15) is 11.2 Å². The Bertz CT molecular complexity index is 885. The van der Waals surface area contributed by atoms with Crippen molar-refractivity contribution in [2.75, 3.05) is 5.32 Å². The number of halogens is 1. The molecule has 0 bridgehead atoms. The van der Waals surface area contributed by atoms with Crippen molar-refractivity contribution in [3.05, 3.63) is 73.4 Å². The van der Waals surface area contributed by atoms with Crippen molar-refractivity contribution in [1.82, 2.24) is 0 Å². The fourth-order valence-corrected chi connectivity index (χ4v) is 5.39. The maximum absolute atomic E-state index is 13.9. The maximum atomic E-state index is 13.9. The molecule has 0 radical (unpaired) electrons. The predicted octanol–water partition coefficient (Wildman–Crippen LogP) is 4.85. The minimum atomic E-state index is -0.949. The lowest BCUT2D eigenvalue weighted by atomic mass is 9.78. The fourth-order valence-electron chi connectivity index (χ4n) is 3.16. The third kappa shape index (κ3) is 2.00. The molecule has 3 aromatic rings. The number of fused-ring (bicyclic) bond motifs is 1. The average Bonchev–Trinajstić information content (AvgIpc) is 3.18. The summed E-state index contributed by atoms with van der Waals surface area (Å²) in [5, 5.41) is 2.94. The highest BCUT2D eigenvalue weighted by molar-refractivity contribution is 7.14. The van der Waals surface area contributed by atoms with Gasteiger partial charge in [0.25, 0.3) is 0 Å². The molecule has 116 valence electrons. The van der Waals surface area contributed by atoms with E-state index in [1.165, 1.54) is 12.1 Å². The van der Waals surface area contributed by atoms with E-state index >= 15 is 0 Å². The second-order valence-corrected chi connectivity index (χ2v) is 8.29. The van der Waals surface area contributed by atoms with E-state index in [1.807, 2.05) is 38.1 Å². The van der Waals surface area contributed by atoms with Gasteiger partial charge >= 0.3 is 0 Å². The molecular weight excluding hydrogens is 329 g/mol. The molecule has 4 rings (SSSR count). The number of carbonyl (C=O) groups excluding carboxylic acids is 1. The molecule has 1 N–H and O–H groups in total. The molecular formula is C18H14FNOS2. The van der Waals surface area contributed by atoms with Crippen LogP contribution in [0.3, 0.4) is 0 Å². The van der Waals surface area contributed by atoms with Gasteiger partial charge in [-0.1, -0.05) is 0 Å². The van der Waals surface area contributed by atoms with Gasteiger partial charge in [-0.2, -0.15) is 0 Å². The summed E-state index contributed by atoms with van der Waals surface area (Å²) in [6.45, 7) is 4.03. The molecule has 0 saturated carbocycles. The van der Waals surface area contributed by atoms with Crippen molar-refractivity contribution < 1.29 is 9.18 Å². The van der Waals surface area contributed by atoms with Gasteiger partial charge in [-0.3, -0.25) is 4.79 Å². The number of aryl methyl sites for hydroxylation is 2. The van der Waals surface area contributed by atoms with Crippen LogP contribution in [-0.4, -0.2) is 5.91 Å². The van der Waals surface area contributed by atoms with Crippen LogP contribution in [0.5, 0.6) is 0 Å². The van der Waals surface area contributed by atoms with Gasteiger partial charge in [-0.15, -0.1) is 22.7 Å². The smallest absolute Gasteiger partial charge is 0.245 e. The Morgan fingerprint density at radius 3 is 2.09 bits per heavy atom. The normalized spacial score (nSPS) is 15.5. The first-order chi connectivity index (χ1) is 11.0. The van der Waals surface area contributed by atoms with Crippen LogP contribution in [0.15, 0.2) is 42.5 Å². The number of nitrogens with one attached hydrogen (secondary N) is 1. The van der Waals surface area contributed by atoms with Crippen LogP contribution in [0.2, 0.25) is 0 Å². The summed E-state index contributed by atoms with van der Waals surface area (Å²) in [6.07, 6.45) is 0. The Labute approximate surface area is 141 Å². The second-order valence-electron chi connectivity index (χ2n) is 5.71. The number of carbonyl (C=O) groups is 1. The molecule has 1 aliphatic heterocycles. The van der Waals surface area contributed by atoms with Crippen LogP contribution in [0.25, 0.3) is 0 Å². The average molecular weight is 343 g/mol. The summed E-state index contributed by atoms with van der Waals surface area (Å²) in [6, 6.07) is 12.5. The molecule has 0 unspecified atom stereocenters. The number of benzene rings is 1. The third-order valence-electron chi connectivity index (χ3n) is 4.19. The molecule has 3 heterocycles. The maximum Gasteiger partial charge on any atom is 0.245 e. The van der Waals surface area contributed by atoms with E-state index in [2.05, 4.69) is 5.32 Å². The molecule has 1 amide bonds.